The molecular formula is C16H28N4. The Morgan fingerprint density at radius 1 is 1.25 bits per heavy atom. The fourth-order valence-corrected chi connectivity index (χ4v) is 3.33. The fourth-order valence-electron chi connectivity index (χ4n) is 3.33. The smallest absolute Gasteiger partial charge is 0.134 e. The maximum Gasteiger partial charge on any atom is 0.134 e. The van der Waals surface area contributed by atoms with Crippen molar-refractivity contribution >= 4 is 11.6 Å². The van der Waals surface area contributed by atoms with Crippen molar-refractivity contribution < 1.29 is 0 Å². The summed E-state index contributed by atoms with van der Waals surface area (Å²) in [6, 6.07) is 0. The summed E-state index contributed by atoms with van der Waals surface area (Å²) in [5.74, 6) is 3.74. The first-order chi connectivity index (χ1) is 9.74. The number of nitrogens with one attached hydrogen (secondary N) is 2. The summed E-state index contributed by atoms with van der Waals surface area (Å²) in [5, 5.41) is 6.65. The lowest BCUT2D eigenvalue weighted by Crippen LogP contribution is -2.17. The maximum atomic E-state index is 4.39. The second-order valence-electron chi connectivity index (χ2n) is 6.01. The highest BCUT2D eigenvalue weighted by Crippen LogP contribution is 2.30. The molecule has 2 atom stereocenters. The molecule has 0 radical (unpaired) electrons. The molecule has 4 heteroatoms. The summed E-state index contributed by atoms with van der Waals surface area (Å²) in [5.41, 5.74) is 1.19. The second kappa shape index (κ2) is 7.46. The first-order valence-corrected chi connectivity index (χ1v) is 8.00. The van der Waals surface area contributed by atoms with Crippen LogP contribution < -0.4 is 10.6 Å². The van der Waals surface area contributed by atoms with Crippen LogP contribution in [0, 0.1) is 11.8 Å². The van der Waals surface area contributed by atoms with Crippen LogP contribution >= 0.6 is 0 Å². The number of nitrogens with zero attached hydrogens (tertiary/aromatic N) is 2. The number of aromatic nitrogens is 2. The molecule has 0 aromatic carbocycles. The van der Waals surface area contributed by atoms with Crippen LogP contribution in [0.15, 0.2) is 6.33 Å². The van der Waals surface area contributed by atoms with Crippen molar-refractivity contribution in [3.8, 4) is 0 Å². The lowest BCUT2D eigenvalue weighted by atomic mass is 9.81. The Bertz CT molecular complexity index is 419. The SMILES string of the molecule is CCc1c(NC)ncnc1NCCC1CCCC(C)C1. The lowest BCUT2D eigenvalue weighted by molar-refractivity contribution is 0.274. The lowest BCUT2D eigenvalue weighted by Gasteiger charge is -2.26. The Morgan fingerprint density at radius 3 is 2.75 bits per heavy atom. The highest BCUT2D eigenvalue weighted by molar-refractivity contribution is 5.56. The van der Waals surface area contributed by atoms with Gasteiger partial charge in [0.1, 0.15) is 18.0 Å². The molecule has 20 heavy (non-hydrogen) atoms. The van der Waals surface area contributed by atoms with Crippen molar-refractivity contribution in [3.63, 3.8) is 0 Å². The van der Waals surface area contributed by atoms with Gasteiger partial charge in [-0.3, -0.25) is 0 Å². The van der Waals surface area contributed by atoms with Crippen LogP contribution in [-0.4, -0.2) is 23.6 Å². The van der Waals surface area contributed by atoms with E-state index in [1.165, 1.54) is 37.7 Å². The predicted molar refractivity (Wildman–Crippen MR) is 85.2 cm³/mol. The third-order valence-corrected chi connectivity index (χ3v) is 4.43. The Labute approximate surface area is 122 Å². The quantitative estimate of drug-likeness (QED) is 0.831. The predicted octanol–water partition coefficient (Wildman–Crippen LogP) is 3.71. The molecule has 112 valence electrons. The van der Waals surface area contributed by atoms with Crippen molar-refractivity contribution in [2.24, 2.45) is 11.8 Å². The van der Waals surface area contributed by atoms with Gasteiger partial charge in [0.25, 0.3) is 0 Å². The summed E-state index contributed by atoms with van der Waals surface area (Å²) in [6.07, 6.45) is 9.46. The van der Waals surface area contributed by atoms with Crippen LogP contribution in [0.5, 0.6) is 0 Å². The van der Waals surface area contributed by atoms with Gasteiger partial charge < -0.3 is 10.6 Å². The Balaban J connectivity index is 1.87. The number of anilines is 2. The minimum Gasteiger partial charge on any atom is -0.373 e. The van der Waals surface area contributed by atoms with E-state index in [2.05, 4.69) is 34.4 Å². The van der Waals surface area contributed by atoms with E-state index in [0.717, 1.165) is 36.4 Å². The van der Waals surface area contributed by atoms with Gasteiger partial charge in [-0.15, -0.1) is 0 Å². The molecule has 1 aliphatic carbocycles. The van der Waals surface area contributed by atoms with Crippen LogP contribution in [-0.2, 0) is 6.42 Å². The molecule has 0 spiro atoms. The van der Waals surface area contributed by atoms with Gasteiger partial charge in [-0.05, 0) is 31.1 Å². The first kappa shape index (κ1) is 15.1. The zero-order valence-electron chi connectivity index (χ0n) is 13.1. The van der Waals surface area contributed by atoms with Gasteiger partial charge >= 0.3 is 0 Å². The summed E-state index contributed by atoms with van der Waals surface area (Å²) >= 11 is 0. The Kier molecular flexibility index (Phi) is 5.62. The topological polar surface area (TPSA) is 49.8 Å². The molecular weight excluding hydrogens is 248 g/mol. The van der Waals surface area contributed by atoms with Crippen molar-refractivity contribution in [3.05, 3.63) is 11.9 Å². The Hall–Kier alpha value is -1.32. The zero-order valence-corrected chi connectivity index (χ0v) is 13.1. The first-order valence-electron chi connectivity index (χ1n) is 8.00. The van der Waals surface area contributed by atoms with Gasteiger partial charge in [-0.2, -0.15) is 0 Å². The third-order valence-electron chi connectivity index (χ3n) is 4.43. The highest BCUT2D eigenvalue weighted by Gasteiger charge is 2.18. The zero-order chi connectivity index (χ0) is 14.4. The summed E-state index contributed by atoms with van der Waals surface area (Å²) in [6.45, 7) is 5.55. The van der Waals surface area contributed by atoms with Crippen molar-refractivity contribution in [2.45, 2.75) is 52.4 Å². The van der Waals surface area contributed by atoms with E-state index in [-0.39, 0.29) is 0 Å². The minimum atomic E-state index is 0.891. The fraction of sp³-hybridized carbons (Fsp3) is 0.750. The summed E-state index contributed by atoms with van der Waals surface area (Å²) in [7, 11) is 1.91. The summed E-state index contributed by atoms with van der Waals surface area (Å²) < 4.78 is 0. The van der Waals surface area contributed by atoms with Crippen LogP contribution in [0.4, 0.5) is 11.6 Å². The van der Waals surface area contributed by atoms with E-state index >= 15 is 0 Å². The average Bonchev–Trinajstić information content (AvgIpc) is 2.47. The van der Waals surface area contributed by atoms with Crippen LogP contribution in [0.2, 0.25) is 0 Å². The minimum absolute atomic E-state index is 0.891. The van der Waals surface area contributed by atoms with Gasteiger partial charge in [0.15, 0.2) is 0 Å². The molecule has 4 nitrogen and oxygen atoms in total. The molecule has 1 aliphatic rings. The van der Waals surface area contributed by atoms with E-state index in [9.17, 15) is 0 Å². The molecule has 2 rings (SSSR count). The van der Waals surface area contributed by atoms with Crippen molar-refractivity contribution in [1.29, 1.82) is 0 Å². The monoisotopic (exact) mass is 276 g/mol. The standard InChI is InChI=1S/C16H28N4/c1-4-14-15(17-3)19-11-20-16(14)18-9-8-13-7-5-6-12(2)10-13/h11-13H,4-10H2,1-3H3,(H2,17,18,19,20). The van der Waals surface area contributed by atoms with E-state index in [1.54, 1.807) is 6.33 Å². The van der Waals surface area contributed by atoms with E-state index in [0.29, 0.717) is 0 Å². The molecule has 0 saturated heterocycles. The van der Waals surface area contributed by atoms with Crippen LogP contribution in [0.25, 0.3) is 0 Å². The van der Waals surface area contributed by atoms with Gasteiger partial charge in [0.05, 0.1) is 0 Å². The van der Waals surface area contributed by atoms with E-state index < -0.39 is 0 Å². The number of hydrogen-bond donors (Lipinski definition) is 2. The Morgan fingerprint density at radius 2 is 2.05 bits per heavy atom. The molecule has 1 aromatic heterocycles. The van der Waals surface area contributed by atoms with Gasteiger partial charge in [0.2, 0.25) is 0 Å². The average molecular weight is 276 g/mol. The van der Waals surface area contributed by atoms with Gasteiger partial charge in [-0.1, -0.05) is 33.1 Å². The second-order valence-corrected chi connectivity index (χ2v) is 6.01. The molecule has 0 bridgehead atoms. The van der Waals surface area contributed by atoms with Crippen molar-refractivity contribution in [2.75, 3.05) is 24.2 Å². The summed E-state index contributed by atoms with van der Waals surface area (Å²) in [4.78, 5) is 8.67. The van der Waals surface area contributed by atoms with Gasteiger partial charge in [-0.25, -0.2) is 9.97 Å². The number of rotatable bonds is 6. The molecule has 2 N–H and O–H groups in total. The third kappa shape index (κ3) is 3.84. The molecule has 1 fully saturated rings. The van der Waals surface area contributed by atoms with Gasteiger partial charge in [0, 0.05) is 19.2 Å². The highest BCUT2D eigenvalue weighted by atomic mass is 15.1. The van der Waals surface area contributed by atoms with Crippen LogP contribution in [0.3, 0.4) is 0 Å². The maximum absolute atomic E-state index is 4.39. The molecule has 1 saturated carbocycles. The normalized spacial score (nSPS) is 22.6. The molecule has 1 aromatic rings. The van der Waals surface area contributed by atoms with E-state index in [4.69, 9.17) is 0 Å². The van der Waals surface area contributed by atoms with Crippen molar-refractivity contribution in [1.82, 2.24) is 9.97 Å². The molecule has 0 aliphatic heterocycles. The number of hydrogen-bond acceptors (Lipinski definition) is 4. The van der Waals surface area contributed by atoms with Crippen LogP contribution in [0.1, 0.15) is 51.5 Å². The van der Waals surface area contributed by atoms with E-state index in [1.807, 2.05) is 7.05 Å². The largest absolute Gasteiger partial charge is 0.373 e. The molecule has 2 unspecified atom stereocenters. The molecule has 1 heterocycles. The molecule has 0 amide bonds.